The third-order valence-electron chi connectivity index (χ3n) is 2.19. The van der Waals surface area contributed by atoms with E-state index in [1.54, 1.807) is 12.1 Å². The molecule has 0 fully saturated rings. The number of nitrogen functional groups attached to an aromatic ring is 1. The number of halogens is 4. The molecule has 0 aliphatic heterocycles. The van der Waals surface area contributed by atoms with Crippen molar-refractivity contribution in [1.82, 2.24) is 9.78 Å². The molecule has 0 spiro atoms. The number of aromatic nitrogens is 2. The standard InChI is InChI=1S/C10H7ClF3N3/c11-7-2-1-3-8(9(7)15)17-5-6(4-16-17)10(12,13)14/h1-5H,15H2. The summed E-state index contributed by atoms with van der Waals surface area (Å²) in [6, 6.07) is 4.67. The Kier molecular flexibility index (Phi) is 2.74. The van der Waals surface area contributed by atoms with Crippen LogP contribution >= 0.6 is 11.6 Å². The van der Waals surface area contributed by atoms with Gasteiger partial charge in [-0.1, -0.05) is 17.7 Å². The molecule has 2 N–H and O–H groups in total. The quantitative estimate of drug-likeness (QED) is 0.802. The van der Waals surface area contributed by atoms with Crippen molar-refractivity contribution in [3.05, 3.63) is 41.2 Å². The highest BCUT2D eigenvalue weighted by Crippen LogP contribution is 2.31. The molecule has 17 heavy (non-hydrogen) atoms. The normalized spacial score (nSPS) is 11.8. The van der Waals surface area contributed by atoms with Gasteiger partial charge in [-0.3, -0.25) is 0 Å². The average molecular weight is 262 g/mol. The Hall–Kier alpha value is -1.69. The van der Waals surface area contributed by atoms with E-state index < -0.39 is 11.7 Å². The minimum atomic E-state index is -4.43. The molecule has 1 aromatic carbocycles. The van der Waals surface area contributed by atoms with Gasteiger partial charge in [0.25, 0.3) is 0 Å². The predicted molar refractivity (Wildman–Crippen MR) is 58.0 cm³/mol. The fourth-order valence-corrected chi connectivity index (χ4v) is 1.50. The molecule has 0 saturated heterocycles. The van der Waals surface area contributed by atoms with Crippen molar-refractivity contribution in [3.8, 4) is 5.69 Å². The van der Waals surface area contributed by atoms with Crippen LogP contribution in [0.3, 0.4) is 0 Å². The van der Waals surface area contributed by atoms with Crippen molar-refractivity contribution in [2.24, 2.45) is 0 Å². The minimum absolute atomic E-state index is 0.186. The van der Waals surface area contributed by atoms with Crippen molar-refractivity contribution < 1.29 is 13.2 Å². The molecular weight excluding hydrogens is 255 g/mol. The van der Waals surface area contributed by atoms with E-state index in [9.17, 15) is 13.2 Å². The molecule has 0 aliphatic rings. The smallest absolute Gasteiger partial charge is 0.396 e. The van der Waals surface area contributed by atoms with Gasteiger partial charge < -0.3 is 5.73 Å². The van der Waals surface area contributed by atoms with E-state index in [4.69, 9.17) is 17.3 Å². The van der Waals surface area contributed by atoms with Gasteiger partial charge in [0.05, 0.1) is 28.2 Å². The molecular formula is C10H7ClF3N3. The van der Waals surface area contributed by atoms with Crippen LogP contribution in [0.2, 0.25) is 5.02 Å². The number of rotatable bonds is 1. The lowest BCUT2D eigenvalue weighted by Gasteiger charge is -2.06. The van der Waals surface area contributed by atoms with E-state index >= 15 is 0 Å². The summed E-state index contributed by atoms with van der Waals surface area (Å²) in [7, 11) is 0. The highest BCUT2D eigenvalue weighted by molar-refractivity contribution is 6.33. The van der Waals surface area contributed by atoms with E-state index in [1.807, 2.05) is 0 Å². The molecule has 2 rings (SSSR count). The molecule has 90 valence electrons. The lowest BCUT2D eigenvalue weighted by Crippen LogP contribution is -2.04. The van der Waals surface area contributed by atoms with Crippen LogP contribution in [0.5, 0.6) is 0 Å². The summed E-state index contributed by atoms with van der Waals surface area (Å²) in [5.74, 6) is 0. The number of hydrogen-bond donors (Lipinski definition) is 1. The molecule has 3 nitrogen and oxygen atoms in total. The maximum atomic E-state index is 12.4. The fraction of sp³-hybridized carbons (Fsp3) is 0.100. The zero-order valence-corrected chi connectivity index (χ0v) is 9.13. The first-order chi connectivity index (χ1) is 7.89. The number of benzene rings is 1. The number of alkyl halides is 3. The Balaban J connectivity index is 2.48. The number of hydrogen-bond acceptors (Lipinski definition) is 2. The summed E-state index contributed by atoms with van der Waals surface area (Å²) in [4.78, 5) is 0. The molecule has 0 saturated carbocycles. The Morgan fingerprint density at radius 2 is 2.00 bits per heavy atom. The predicted octanol–water partition coefficient (Wildman–Crippen LogP) is 3.13. The monoisotopic (exact) mass is 261 g/mol. The van der Waals surface area contributed by atoms with Crippen molar-refractivity contribution in [3.63, 3.8) is 0 Å². The third kappa shape index (κ3) is 2.21. The zero-order valence-electron chi connectivity index (χ0n) is 8.37. The lowest BCUT2D eigenvalue weighted by atomic mass is 10.2. The highest BCUT2D eigenvalue weighted by Gasteiger charge is 2.32. The van der Waals surface area contributed by atoms with Crippen LogP contribution in [-0.4, -0.2) is 9.78 Å². The van der Waals surface area contributed by atoms with Crippen LogP contribution in [0, 0.1) is 0 Å². The van der Waals surface area contributed by atoms with Gasteiger partial charge in [0.2, 0.25) is 0 Å². The van der Waals surface area contributed by atoms with E-state index in [2.05, 4.69) is 5.10 Å². The Morgan fingerprint density at radius 3 is 2.59 bits per heavy atom. The molecule has 0 bridgehead atoms. The van der Waals surface area contributed by atoms with Crippen molar-refractivity contribution in [2.45, 2.75) is 6.18 Å². The van der Waals surface area contributed by atoms with E-state index in [0.29, 0.717) is 5.69 Å². The first-order valence-corrected chi connectivity index (χ1v) is 4.93. The highest BCUT2D eigenvalue weighted by atomic mass is 35.5. The van der Waals surface area contributed by atoms with Crippen LogP contribution in [0.25, 0.3) is 5.69 Å². The number of nitrogens with two attached hydrogens (primary N) is 1. The van der Waals surface area contributed by atoms with Crippen LogP contribution in [0.4, 0.5) is 18.9 Å². The summed E-state index contributed by atoms with van der Waals surface area (Å²) in [6.45, 7) is 0. The maximum Gasteiger partial charge on any atom is 0.419 e. The molecule has 0 aliphatic carbocycles. The molecule has 0 radical (unpaired) electrons. The minimum Gasteiger partial charge on any atom is -0.396 e. The molecule has 0 unspecified atom stereocenters. The summed E-state index contributed by atoms with van der Waals surface area (Å²) < 4.78 is 38.2. The van der Waals surface area contributed by atoms with Gasteiger partial charge in [0.1, 0.15) is 0 Å². The topological polar surface area (TPSA) is 43.8 Å². The van der Waals surface area contributed by atoms with Crippen LogP contribution in [0.15, 0.2) is 30.6 Å². The Morgan fingerprint density at radius 1 is 1.29 bits per heavy atom. The van der Waals surface area contributed by atoms with Crippen molar-refractivity contribution in [2.75, 3.05) is 5.73 Å². The number of anilines is 1. The van der Waals surface area contributed by atoms with Crippen LogP contribution in [-0.2, 0) is 6.18 Å². The molecule has 0 amide bonds. The van der Waals surface area contributed by atoms with Gasteiger partial charge in [-0.15, -0.1) is 0 Å². The SMILES string of the molecule is Nc1c(Cl)cccc1-n1cc(C(F)(F)F)cn1. The van der Waals surface area contributed by atoms with Crippen molar-refractivity contribution >= 4 is 17.3 Å². The van der Waals surface area contributed by atoms with Crippen molar-refractivity contribution in [1.29, 1.82) is 0 Å². The second-order valence-corrected chi connectivity index (χ2v) is 3.75. The second-order valence-electron chi connectivity index (χ2n) is 3.34. The van der Waals surface area contributed by atoms with Gasteiger partial charge in [-0.2, -0.15) is 18.3 Å². The van der Waals surface area contributed by atoms with Crippen LogP contribution < -0.4 is 5.73 Å². The summed E-state index contributed by atoms with van der Waals surface area (Å²) >= 11 is 5.77. The average Bonchev–Trinajstić information content (AvgIpc) is 2.70. The maximum absolute atomic E-state index is 12.4. The zero-order chi connectivity index (χ0) is 12.6. The number of para-hydroxylation sites is 1. The van der Waals surface area contributed by atoms with Gasteiger partial charge in [0, 0.05) is 6.20 Å². The molecule has 2 aromatic rings. The first-order valence-electron chi connectivity index (χ1n) is 4.56. The molecule has 1 heterocycles. The van der Waals surface area contributed by atoms with E-state index in [-0.39, 0.29) is 10.7 Å². The lowest BCUT2D eigenvalue weighted by molar-refractivity contribution is -0.137. The number of nitrogens with zero attached hydrogens (tertiary/aromatic N) is 2. The fourth-order valence-electron chi connectivity index (χ4n) is 1.33. The largest absolute Gasteiger partial charge is 0.419 e. The summed E-state index contributed by atoms with van der Waals surface area (Å²) in [5, 5.41) is 3.88. The molecule has 1 aromatic heterocycles. The van der Waals surface area contributed by atoms with Gasteiger partial charge in [0.15, 0.2) is 0 Å². The van der Waals surface area contributed by atoms with Crippen LogP contribution in [0.1, 0.15) is 5.56 Å². The summed E-state index contributed by atoms with van der Waals surface area (Å²) in [6.07, 6.45) is -2.83. The van der Waals surface area contributed by atoms with Gasteiger partial charge >= 0.3 is 6.18 Å². The van der Waals surface area contributed by atoms with Gasteiger partial charge in [-0.25, -0.2) is 4.68 Å². The second kappa shape index (κ2) is 3.96. The first kappa shape index (κ1) is 11.8. The van der Waals surface area contributed by atoms with E-state index in [0.717, 1.165) is 17.1 Å². The summed E-state index contributed by atoms with van der Waals surface area (Å²) in [5.41, 5.74) is 5.32. The van der Waals surface area contributed by atoms with E-state index in [1.165, 1.54) is 6.07 Å². The Labute approximate surface area is 99.6 Å². The third-order valence-corrected chi connectivity index (χ3v) is 2.52. The molecule has 0 atom stereocenters. The van der Waals surface area contributed by atoms with Gasteiger partial charge in [-0.05, 0) is 12.1 Å². The Bertz CT molecular complexity index is 548. The molecule has 7 heteroatoms.